The summed E-state index contributed by atoms with van der Waals surface area (Å²) in [6.07, 6.45) is 2.08. The van der Waals surface area contributed by atoms with E-state index in [0.29, 0.717) is 0 Å². The van der Waals surface area contributed by atoms with Crippen molar-refractivity contribution in [3.05, 3.63) is 65.2 Å². The van der Waals surface area contributed by atoms with Gasteiger partial charge in [-0.1, -0.05) is 116 Å². The molecule has 0 radical (unpaired) electrons. The third-order valence-corrected chi connectivity index (χ3v) is 3.00. The minimum Gasteiger partial charge on any atom is -0.497 e. The van der Waals surface area contributed by atoms with Crippen molar-refractivity contribution >= 4 is 0 Å². The molecular formula is C26H54O. The van der Waals surface area contributed by atoms with Crippen LogP contribution in [0, 0.1) is 0 Å². The SMILES string of the molecule is C.C.C.C.C.C.CC.CC.CCc1ccc(Cc2ccc(OC)cc2)cc1. The second kappa shape index (κ2) is 29.0. The van der Waals surface area contributed by atoms with Gasteiger partial charge < -0.3 is 4.74 Å². The lowest BCUT2D eigenvalue weighted by molar-refractivity contribution is 0.414. The fourth-order valence-corrected chi connectivity index (χ4v) is 1.87. The molecule has 0 fully saturated rings. The predicted octanol–water partition coefficient (Wildman–Crippen LogP) is 9.72. The number of aryl methyl sites for hydroxylation is 1. The van der Waals surface area contributed by atoms with Crippen LogP contribution in [0.4, 0.5) is 0 Å². The van der Waals surface area contributed by atoms with Crippen LogP contribution in [-0.2, 0) is 12.8 Å². The van der Waals surface area contributed by atoms with Crippen molar-refractivity contribution in [3.63, 3.8) is 0 Å². The van der Waals surface area contributed by atoms with Crippen LogP contribution in [0.3, 0.4) is 0 Å². The smallest absolute Gasteiger partial charge is 0.118 e. The number of hydrogen-bond acceptors (Lipinski definition) is 1. The maximum Gasteiger partial charge on any atom is 0.118 e. The molecule has 0 N–H and O–H groups in total. The third kappa shape index (κ3) is 17.4. The average Bonchev–Trinajstić information content (AvgIpc) is 2.60. The molecule has 0 aliphatic carbocycles. The Hall–Kier alpha value is -1.76. The zero-order chi connectivity index (χ0) is 16.1. The Morgan fingerprint density at radius 2 is 0.852 bits per heavy atom. The Morgan fingerprint density at radius 1 is 0.556 bits per heavy atom. The maximum absolute atomic E-state index is 5.15. The lowest BCUT2D eigenvalue weighted by Crippen LogP contribution is -1.89. The topological polar surface area (TPSA) is 9.23 Å². The summed E-state index contributed by atoms with van der Waals surface area (Å²) < 4.78 is 5.15. The summed E-state index contributed by atoms with van der Waals surface area (Å²) >= 11 is 0. The number of ether oxygens (including phenoxy) is 1. The van der Waals surface area contributed by atoms with E-state index in [0.717, 1.165) is 18.6 Å². The summed E-state index contributed by atoms with van der Waals surface area (Å²) in [6, 6.07) is 17.1. The second-order valence-corrected chi connectivity index (χ2v) is 4.19. The first-order chi connectivity index (χ1) is 10.3. The van der Waals surface area contributed by atoms with Crippen molar-refractivity contribution in [1.82, 2.24) is 0 Å². The second-order valence-electron chi connectivity index (χ2n) is 4.19. The average molecular weight is 383 g/mol. The molecule has 2 aromatic rings. The quantitative estimate of drug-likeness (QED) is 0.511. The normalized spacial score (nSPS) is 6.89. The van der Waals surface area contributed by atoms with E-state index in [1.807, 2.05) is 39.8 Å². The molecule has 2 aromatic carbocycles. The largest absolute Gasteiger partial charge is 0.497 e. The first-order valence-corrected chi connectivity index (χ1v) is 8.02. The van der Waals surface area contributed by atoms with Crippen LogP contribution in [-0.4, -0.2) is 7.11 Å². The number of methoxy groups -OCH3 is 1. The summed E-state index contributed by atoms with van der Waals surface area (Å²) in [5, 5.41) is 0. The highest BCUT2D eigenvalue weighted by atomic mass is 16.5. The zero-order valence-corrected chi connectivity index (χ0v) is 14.4. The van der Waals surface area contributed by atoms with Crippen molar-refractivity contribution in [2.45, 2.75) is 92.0 Å². The third-order valence-electron chi connectivity index (χ3n) is 3.00. The molecule has 0 saturated heterocycles. The molecule has 1 heteroatoms. The number of benzene rings is 2. The molecule has 0 aliphatic rings. The van der Waals surface area contributed by atoms with Gasteiger partial charge in [-0.15, -0.1) is 0 Å². The van der Waals surface area contributed by atoms with E-state index in [1.165, 1.54) is 16.7 Å². The van der Waals surface area contributed by atoms with Gasteiger partial charge in [0.05, 0.1) is 7.11 Å². The maximum atomic E-state index is 5.15. The van der Waals surface area contributed by atoms with Crippen LogP contribution in [0.15, 0.2) is 48.5 Å². The summed E-state index contributed by atoms with van der Waals surface area (Å²) in [6.45, 7) is 10.2. The van der Waals surface area contributed by atoms with Crippen LogP contribution in [0.25, 0.3) is 0 Å². The van der Waals surface area contributed by atoms with E-state index < -0.39 is 0 Å². The van der Waals surface area contributed by atoms with E-state index >= 15 is 0 Å². The van der Waals surface area contributed by atoms with Gasteiger partial charge in [0.2, 0.25) is 0 Å². The van der Waals surface area contributed by atoms with Crippen molar-refractivity contribution in [2.75, 3.05) is 7.11 Å². The summed E-state index contributed by atoms with van der Waals surface area (Å²) in [5.41, 5.74) is 4.06. The Kier molecular flexibility index (Phi) is 47.9. The van der Waals surface area contributed by atoms with Gasteiger partial charge in [-0.2, -0.15) is 0 Å². The molecular weight excluding hydrogens is 328 g/mol. The standard InChI is InChI=1S/C16H18O.2C2H6.6CH4/c1-3-13-4-6-14(7-5-13)12-15-8-10-16(17-2)11-9-15;2*1-2;;;;;;/h4-11H,3,12H2,1-2H3;2*1-2H3;6*1H4. The molecule has 0 aliphatic heterocycles. The van der Waals surface area contributed by atoms with Gasteiger partial charge in [-0.3, -0.25) is 0 Å². The van der Waals surface area contributed by atoms with Crippen molar-refractivity contribution in [2.24, 2.45) is 0 Å². The Morgan fingerprint density at radius 3 is 1.15 bits per heavy atom. The fraction of sp³-hybridized carbons (Fsp3) is 0.538. The summed E-state index contributed by atoms with van der Waals surface area (Å²) in [7, 11) is 1.69. The molecule has 0 unspecified atom stereocenters. The van der Waals surface area contributed by atoms with E-state index in [1.54, 1.807) is 7.11 Å². The molecule has 0 saturated carbocycles. The number of hydrogen-bond donors (Lipinski definition) is 0. The van der Waals surface area contributed by atoms with Crippen LogP contribution < -0.4 is 4.74 Å². The highest BCUT2D eigenvalue weighted by Crippen LogP contribution is 2.15. The fourth-order valence-electron chi connectivity index (χ4n) is 1.87. The van der Waals surface area contributed by atoms with Crippen LogP contribution in [0.2, 0.25) is 0 Å². The van der Waals surface area contributed by atoms with Crippen molar-refractivity contribution in [1.29, 1.82) is 0 Å². The monoisotopic (exact) mass is 382 g/mol. The molecule has 0 spiro atoms. The Balaban J connectivity index is -0.0000000752. The van der Waals surface area contributed by atoms with Gasteiger partial charge in [0.1, 0.15) is 5.75 Å². The Bertz CT molecular complexity index is 409. The van der Waals surface area contributed by atoms with Gasteiger partial charge in [0, 0.05) is 0 Å². The van der Waals surface area contributed by atoms with Gasteiger partial charge in [-0.25, -0.2) is 0 Å². The Labute approximate surface area is 175 Å². The zero-order valence-electron chi connectivity index (χ0n) is 14.4. The molecule has 164 valence electrons. The lowest BCUT2D eigenvalue weighted by atomic mass is 10.0. The van der Waals surface area contributed by atoms with E-state index in [2.05, 4.69) is 43.3 Å². The van der Waals surface area contributed by atoms with Gasteiger partial charge in [-0.05, 0) is 41.7 Å². The van der Waals surface area contributed by atoms with Gasteiger partial charge in [0.15, 0.2) is 0 Å². The van der Waals surface area contributed by atoms with Crippen molar-refractivity contribution in [3.8, 4) is 5.75 Å². The van der Waals surface area contributed by atoms with Crippen molar-refractivity contribution < 1.29 is 4.74 Å². The first kappa shape index (κ1) is 44.6. The van der Waals surface area contributed by atoms with Crippen LogP contribution >= 0.6 is 0 Å². The van der Waals surface area contributed by atoms with Gasteiger partial charge >= 0.3 is 0 Å². The summed E-state index contributed by atoms with van der Waals surface area (Å²) in [5.74, 6) is 0.912. The molecule has 0 aromatic heterocycles. The highest BCUT2D eigenvalue weighted by Gasteiger charge is 1.97. The van der Waals surface area contributed by atoms with Crippen LogP contribution in [0.1, 0.15) is 95.9 Å². The number of rotatable bonds is 4. The van der Waals surface area contributed by atoms with E-state index in [-0.39, 0.29) is 44.6 Å². The molecule has 0 bridgehead atoms. The van der Waals surface area contributed by atoms with E-state index in [4.69, 9.17) is 4.74 Å². The lowest BCUT2D eigenvalue weighted by Gasteiger charge is -2.05. The molecule has 0 amide bonds. The molecule has 27 heavy (non-hydrogen) atoms. The molecule has 0 atom stereocenters. The predicted molar refractivity (Wildman–Crippen MR) is 135 cm³/mol. The minimum atomic E-state index is 0. The van der Waals surface area contributed by atoms with E-state index in [9.17, 15) is 0 Å². The minimum absolute atomic E-state index is 0. The molecule has 0 heterocycles. The first-order valence-electron chi connectivity index (χ1n) is 8.02. The molecule has 2 rings (SSSR count). The summed E-state index contributed by atoms with van der Waals surface area (Å²) in [4.78, 5) is 0. The molecule has 1 nitrogen and oxygen atoms in total. The van der Waals surface area contributed by atoms with Gasteiger partial charge in [0.25, 0.3) is 0 Å². The van der Waals surface area contributed by atoms with Crippen LogP contribution in [0.5, 0.6) is 5.75 Å². The highest BCUT2D eigenvalue weighted by molar-refractivity contribution is 5.32.